The second-order valence-electron chi connectivity index (χ2n) is 10.5. The number of piperidine rings is 1. The highest BCUT2D eigenvalue weighted by Gasteiger charge is 2.45. The number of anilines is 2. The average Bonchev–Trinajstić information content (AvgIpc) is 3.75. The fourth-order valence-electron chi connectivity index (χ4n) is 6.42. The van der Waals surface area contributed by atoms with Gasteiger partial charge in [0.05, 0.1) is 17.5 Å². The standard InChI is InChI=1S/C26H27N11O3/c1-13(38)21-22(15-8-16-3-4-17(9-15)35(16)26(40)24-29-12-30-34-24)33-25-18(11-32-37(25)23(21)27)14-2-5-19(28-10-14)36-20(39)6-7-31-36/h2,5,10-12,15-17,31H,3-4,6-9,27H2,1H3,(H,29,30,34)/t15-,16-,17+. The van der Waals surface area contributed by atoms with E-state index in [-0.39, 0.29) is 47.2 Å². The predicted octanol–water partition coefficient (Wildman–Crippen LogP) is 1.49. The van der Waals surface area contributed by atoms with Crippen molar-refractivity contribution in [2.75, 3.05) is 17.3 Å². The van der Waals surface area contributed by atoms with Gasteiger partial charge in [-0.1, -0.05) is 0 Å². The first-order valence-electron chi connectivity index (χ1n) is 13.3. The van der Waals surface area contributed by atoms with E-state index in [9.17, 15) is 14.4 Å². The van der Waals surface area contributed by atoms with Crippen LogP contribution in [0, 0.1) is 0 Å². The van der Waals surface area contributed by atoms with Crippen molar-refractivity contribution in [3.8, 4) is 11.1 Å². The van der Waals surface area contributed by atoms with E-state index in [1.165, 1.54) is 22.8 Å². The minimum atomic E-state index is -0.180. The number of carbonyl (C=O) groups is 3. The third-order valence-electron chi connectivity index (χ3n) is 8.18. The van der Waals surface area contributed by atoms with Crippen LogP contribution in [0.2, 0.25) is 0 Å². The van der Waals surface area contributed by atoms with Gasteiger partial charge in [-0.2, -0.15) is 9.61 Å². The van der Waals surface area contributed by atoms with Gasteiger partial charge in [-0.05, 0) is 44.7 Å². The molecule has 0 unspecified atom stereocenters. The minimum Gasteiger partial charge on any atom is -0.383 e. The van der Waals surface area contributed by atoms with Crippen molar-refractivity contribution in [3.63, 3.8) is 0 Å². The molecule has 0 saturated carbocycles. The number of H-pyrrole nitrogens is 1. The number of carbonyl (C=O) groups excluding carboxylic acids is 3. The lowest BCUT2D eigenvalue weighted by Gasteiger charge is -2.38. The van der Waals surface area contributed by atoms with Crippen LogP contribution in [0.25, 0.3) is 16.8 Å². The van der Waals surface area contributed by atoms with E-state index >= 15 is 0 Å². The quantitative estimate of drug-likeness (QED) is 0.313. The molecule has 7 heterocycles. The van der Waals surface area contributed by atoms with Crippen molar-refractivity contribution in [2.45, 2.75) is 57.0 Å². The Hall–Kier alpha value is -4.72. The summed E-state index contributed by atoms with van der Waals surface area (Å²) in [5.74, 6) is 0.558. The Morgan fingerprint density at radius 3 is 2.55 bits per heavy atom. The van der Waals surface area contributed by atoms with Crippen LogP contribution in [0.4, 0.5) is 11.6 Å². The van der Waals surface area contributed by atoms with Crippen LogP contribution in [0.5, 0.6) is 0 Å². The van der Waals surface area contributed by atoms with E-state index in [1.807, 2.05) is 11.0 Å². The molecule has 204 valence electrons. The summed E-state index contributed by atoms with van der Waals surface area (Å²) in [6.07, 6.45) is 8.23. The molecule has 0 aliphatic carbocycles. The number of rotatable bonds is 5. The molecule has 0 radical (unpaired) electrons. The number of ketones is 1. The largest absolute Gasteiger partial charge is 0.383 e. The molecule has 3 aliphatic heterocycles. The summed E-state index contributed by atoms with van der Waals surface area (Å²) in [7, 11) is 0. The molecule has 14 nitrogen and oxygen atoms in total. The maximum absolute atomic E-state index is 13.1. The van der Waals surface area contributed by atoms with E-state index in [2.05, 4.69) is 30.7 Å². The molecule has 0 aromatic carbocycles. The number of aromatic nitrogens is 7. The molecule has 2 bridgehead atoms. The Morgan fingerprint density at radius 2 is 1.93 bits per heavy atom. The van der Waals surface area contributed by atoms with Crippen LogP contribution in [0.15, 0.2) is 30.9 Å². The van der Waals surface area contributed by atoms with Gasteiger partial charge in [0.25, 0.3) is 5.91 Å². The molecule has 4 aromatic heterocycles. The van der Waals surface area contributed by atoms with Gasteiger partial charge in [-0.3, -0.25) is 14.4 Å². The third-order valence-corrected chi connectivity index (χ3v) is 8.18. The number of hydrogen-bond donors (Lipinski definition) is 3. The summed E-state index contributed by atoms with van der Waals surface area (Å²) in [6.45, 7) is 2.07. The first kappa shape index (κ1) is 24.3. The van der Waals surface area contributed by atoms with Gasteiger partial charge in [-0.15, -0.1) is 10.2 Å². The fourth-order valence-corrected chi connectivity index (χ4v) is 6.42. The normalized spacial score (nSPS) is 22.4. The molecule has 14 heteroatoms. The average molecular weight is 542 g/mol. The lowest BCUT2D eigenvalue weighted by Crippen LogP contribution is -2.46. The molecular weight excluding hydrogens is 514 g/mol. The summed E-state index contributed by atoms with van der Waals surface area (Å²) in [5, 5.41) is 13.5. The molecule has 4 N–H and O–H groups in total. The molecule has 2 amide bonds. The maximum atomic E-state index is 13.1. The summed E-state index contributed by atoms with van der Waals surface area (Å²) < 4.78 is 1.49. The molecule has 3 saturated heterocycles. The Labute approximate surface area is 227 Å². The van der Waals surface area contributed by atoms with E-state index in [1.54, 1.807) is 18.5 Å². The molecule has 4 aromatic rings. The number of hydrazine groups is 1. The van der Waals surface area contributed by atoms with E-state index in [0.717, 1.165) is 18.4 Å². The Morgan fingerprint density at radius 1 is 1.12 bits per heavy atom. The molecule has 0 spiro atoms. The number of hydrogen-bond acceptors (Lipinski definition) is 10. The number of pyridine rings is 1. The number of nitrogens with zero attached hydrogens (tertiary/aromatic N) is 8. The molecular formula is C26H27N11O3. The van der Waals surface area contributed by atoms with Gasteiger partial charge >= 0.3 is 0 Å². The maximum Gasteiger partial charge on any atom is 0.292 e. The third kappa shape index (κ3) is 3.74. The van der Waals surface area contributed by atoms with Gasteiger partial charge in [0.15, 0.2) is 11.4 Å². The first-order chi connectivity index (χ1) is 19.4. The van der Waals surface area contributed by atoms with Crippen molar-refractivity contribution in [1.29, 1.82) is 0 Å². The van der Waals surface area contributed by atoms with Crippen molar-refractivity contribution < 1.29 is 14.4 Å². The first-order valence-corrected chi connectivity index (χ1v) is 13.3. The van der Waals surface area contributed by atoms with Crippen LogP contribution in [0.3, 0.4) is 0 Å². The highest BCUT2D eigenvalue weighted by atomic mass is 16.2. The van der Waals surface area contributed by atoms with Crippen molar-refractivity contribution in [2.24, 2.45) is 0 Å². The van der Waals surface area contributed by atoms with Crippen molar-refractivity contribution in [3.05, 3.63) is 47.9 Å². The van der Waals surface area contributed by atoms with Crippen LogP contribution in [-0.4, -0.2) is 75.9 Å². The molecule has 3 aliphatic rings. The SMILES string of the molecule is CC(=O)c1c([C@@H]2C[C@H]3CC[C@@H](C2)N3C(=O)c2nnc[nH]2)nc2c(-c3ccc(N4NCCC4=O)nc3)cnn2c1N. The highest BCUT2D eigenvalue weighted by Crippen LogP contribution is 2.45. The second kappa shape index (κ2) is 9.19. The van der Waals surface area contributed by atoms with Crippen molar-refractivity contribution >= 4 is 34.9 Å². The number of nitrogen functional groups attached to an aromatic ring is 1. The van der Waals surface area contributed by atoms with E-state index < -0.39 is 0 Å². The summed E-state index contributed by atoms with van der Waals surface area (Å²) >= 11 is 0. The van der Waals surface area contributed by atoms with Crippen LogP contribution in [0.1, 0.15) is 71.6 Å². The summed E-state index contributed by atoms with van der Waals surface area (Å²) in [6, 6.07) is 3.63. The highest BCUT2D eigenvalue weighted by molar-refractivity contribution is 6.00. The molecule has 7 rings (SSSR count). The van der Waals surface area contributed by atoms with Gasteiger partial charge < -0.3 is 15.6 Å². The lowest BCUT2D eigenvalue weighted by molar-refractivity contribution is -0.117. The van der Waals surface area contributed by atoms with E-state index in [4.69, 9.17) is 10.7 Å². The van der Waals surface area contributed by atoms with Gasteiger partial charge in [0, 0.05) is 48.3 Å². The lowest BCUT2D eigenvalue weighted by atomic mass is 9.85. The fraction of sp³-hybridized carbons (Fsp3) is 0.385. The topological polar surface area (TPSA) is 180 Å². The molecule has 3 atom stereocenters. The monoisotopic (exact) mass is 541 g/mol. The Bertz CT molecular complexity index is 1630. The van der Waals surface area contributed by atoms with Gasteiger partial charge in [0.1, 0.15) is 18.0 Å². The zero-order valence-electron chi connectivity index (χ0n) is 21.7. The number of aromatic amines is 1. The number of amides is 2. The minimum absolute atomic E-state index is 0.00319. The van der Waals surface area contributed by atoms with E-state index in [0.29, 0.717) is 54.1 Å². The Balaban J connectivity index is 1.25. The van der Waals surface area contributed by atoms with Crippen LogP contribution in [-0.2, 0) is 4.79 Å². The number of nitrogens with one attached hydrogen (secondary N) is 2. The van der Waals surface area contributed by atoms with Crippen LogP contribution < -0.4 is 16.2 Å². The Kier molecular flexibility index (Phi) is 5.59. The van der Waals surface area contributed by atoms with Gasteiger partial charge in [0.2, 0.25) is 11.7 Å². The summed E-state index contributed by atoms with van der Waals surface area (Å²) in [4.78, 5) is 52.2. The van der Waals surface area contributed by atoms with Crippen LogP contribution >= 0.6 is 0 Å². The van der Waals surface area contributed by atoms with Crippen molar-refractivity contribution in [1.82, 2.24) is 45.1 Å². The number of Topliss-reactive ketones (excluding diaryl/α,β-unsaturated/α-hetero) is 1. The summed E-state index contributed by atoms with van der Waals surface area (Å²) in [5.41, 5.74) is 12.6. The second-order valence-corrected chi connectivity index (χ2v) is 10.5. The zero-order valence-corrected chi connectivity index (χ0v) is 21.7. The van der Waals surface area contributed by atoms with Gasteiger partial charge in [-0.25, -0.2) is 20.4 Å². The molecule has 40 heavy (non-hydrogen) atoms. The predicted molar refractivity (Wildman–Crippen MR) is 142 cm³/mol. The smallest absolute Gasteiger partial charge is 0.292 e. The number of fused-ring (bicyclic) bond motifs is 3. The zero-order chi connectivity index (χ0) is 27.5. The molecule has 3 fully saturated rings. The number of nitrogens with two attached hydrogens (primary N) is 1.